The van der Waals surface area contributed by atoms with Crippen LogP contribution in [0, 0.1) is 0 Å². The lowest BCUT2D eigenvalue weighted by molar-refractivity contribution is -0.0684. The van der Waals surface area contributed by atoms with Crippen molar-refractivity contribution in [1.29, 1.82) is 0 Å². The number of aliphatic hydroxyl groups is 4. The first-order chi connectivity index (χ1) is 5.16. The third-order valence-electron chi connectivity index (χ3n) is 1.76. The van der Waals surface area contributed by atoms with Crippen LogP contribution < -0.4 is 0 Å². The first-order valence-corrected chi connectivity index (χ1v) is 3.43. The Labute approximate surface area is 63.8 Å². The summed E-state index contributed by atoms with van der Waals surface area (Å²) in [6.07, 6.45) is -4.05. The van der Waals surface area contributed by atoms with Crippen molar-refractivity contribution in [2.45, 2.75) is 24.4 Å². The Balaban J connectivity index is 2.47. The van der Waals surface area contributed by atoms with E-state index in [9.17, 15) is 0 Å². The lowest BCUT2D eigenvalue weighted by Crippen LogP contribution is -2.40. The summed E-state index contributed by atoms with van der Waals surface area (Å²) in [5, 5.41) is 35.5. The summed E-state index contributed by atoms with van der Waals surface area (Å²) in [6, 6.07) is 0. The van der Waals surface area contributed by atoms with Gasteiger partial charge in [-0.05, 0) is 0 Å². The Morgan fingerprint density at radius 3 is 2.45 bits per heavy atom. The fourth-order valence-corrected chi connectivity index (χ4v) is 1.07. The van der Waals surface area contributed by atoms with E-state index in [4.69, 9.17) is 25.2 Å². The zero-order chi connectivity index (χ0) is 8.43. The zero-order valence-electron chi connectivity index (χ0n) is 5.92. The molecule has 1 rings (SSSR count). The topological polar surface area (TPSA) is 90.2 Å². The van der Waals surface area contributed by atoms with Crippen LogP contribution in [0.2, 0.25) is 0 Å². The van der Waals surface area contributed by atoms with Gasteiger partial charge in [0.1, 0.15) is 24.4 Å². The van der Waals surface area contributed by atoms with Gasteiger partial charge in [-0.25, -0.2) is 0 Å². The second-order valence-electron chi connectivity index (χ2n) is 2.61. The molecule has 66 valence electrons. The molecule has 0 radical (unpaired) electrons. The van der Waals surface area contributed by atoms with E-state index in [1.165, 1.54) is 0 Å². The van der Waals surface area contributed by atoms with Crippen LogP contribution in [0.4, 0.5) is 0 Å². The molecule has 0 spiro atoms. The number of aliphatic hydroxyl groups excluding tert-OH is 4. The second kappa shape index (κ2) is 3.46. The third kappa shape index (κ3) is 1.69. The van der Waals surface area contributed by atoms with Gasteiger partial charge in [0.05, 0.1) is 13.2 Å². The van der Waals surface area contributed by atoms with Gasteiger partial charge in [0.2, 0.25) is 0 Å². The van der Waals surface area contributed by atoms with E-state index in [0.717, 1.165) is 0 Å². The summed E-state index contributed by atoms with van der Waals surface area (Å²) in [5.74, 6) is 0. The molecule has 0 aliphatic carbocycles. The lowest BCUT2D eigenvalue weighted by atomic mass is 10.1. The molecule has 1 unspecified atom stereocenters. The number of rotatable bonds is 2. The van der Waals surface area contributed by atoms with Crippen LogP contribution in [0.3, 0.4) is 0 Å². The van der Waals surface area contributed by atoms with Crippen molar-refractivity contribution in [2.75, 3.05) is 13.2 Å². The highest BCUT2D eigenvalue weighted by molar-refractivity contribution is 4.87. The first kappa shape index (κ1) is 8.89. The average Bonchev–Trinajstić information content (AvgIpc) is 2.32. The molecule has 1 aliphatic heterocycles. The van der Waals surface area contributed by atoms with Crippen molar-refractivity contribution in [1.82, 2.24) is 0 Å². The number of ether oxygens (including phenoxy) is 1. The molecule has 5 nitrogen and oxygen atoms in total. The summed E-state index contributed by atoms with van der Waals surface area (Å²) < 4.78 is 4.82. The molecule has 1 aliphatic rings. The Kier molecular flexibility index (Phi) is 2.80. The fraction of sp³-hybridized carbons (Fsp3) is 1.00. The van der Waals surface area contributed by atoms with Crippen LogP contribution >= 0.6 is 0 Å². The third-order valence-corrected chi connectivity index (χ3v) is 1.76. The number of hydrogen-bond donors (Lipinski definition) is 4. The molecule has 0 aromatic carbocycles. The van der Waals surface area contributed by atoms with Gasteiger partial charge in [-0.3, -0.25) is 0 Å². The van der Waals surface area contributed by atoms with Crippen molar-refractivity contribution in [3.8, 4) is 0 Å². The van der Waals surface area contributed by atoms with Crippen molar-refractivity contribution < 1.29 is 25.2 Å². The maximum Gasteiger partial charge on any atom is 0.114 e. The highest BCUT2D eigenvalue weighted by Gasteiger charge is 2.38. The minimum absolute atomic E-state index is 0.00287. The summed E-state index contributed by atoms with van der Waals surface area (Å²) in [4.78, 5) is 0. The minimum Gasteiger partial charge on any atom is -0.394 e. The van der Waals surface area contributed by atoms with Crippen LogP contribution in [-0.2, 0) is 4.74 Å². The van der Waals surface area contributed by atoms with Gasteiger partial charge in [-0.2, -0.15) is 0 Å². The van der Waals surface area contributed by atoms with Crippen LogP contribution in [0.5, 0.6) is 0 Å². The zero-order valence-corrected chi connectivity index (χ0v) is 5.92. The standard InChI is InChI=1S/C6H12O5/c7-1-3(8)6-5(10)4(9)2-11-6/h3-10H,1-2H2/t3?,4-,5+,6-/m1/s1. The molecule has 0 bridgehead atoms. The molecular formula is C6H12O5. The van der Waals surface area contributed by atoms with Crippen molar-refractivity contribution in [2.24, 2.45) is 0 Å². The van der Waals surface area contributed by atoms with Gasteiger partial charge in [0.25, 0.3) is 0 Å². The predicted octanol–water partition coefficient (Wildman–Crippen LogP) is -2.54. The van der Waals surface area contributed by atoms with Crippen molar-refractivity contribution >= 4 is 0 Å². The van der Waals surface area contributed by atoms with Crippen LogP contribution in [0.15, 0.2) is 0 Å². The van der Waals surface area contributed by atoms with E-state index in [0.29, 0.717) is 0 Å². The molecule has 1 fully saturated rings. The van der Waals surface area contributed by atoms with Crippen molar-refractivity contribution in [3.63, 3.8) is 0 Å². The van der Waals surface area contributed by atoms with Gasteiger partial charge in [0, 0.05) is 0 Å². The molecule has 1 heterocycles. The molecular weight excluding hydrogens is 152 g/mol. The van der Waals surface area contributed by atoms with E-state index in [2.05, 4.69) is 0 Å². The van der Waals surface area contributed by atoms with Gasteiger partial charge >= 0.3 is 0 Å². The van der Waals surface area contributed by atoms with Crippen LogP contribution in [0.25, 0.3) is 0 Å². The van der Waals surface area contributed by atoms with Gasteiger partial charge in [0.15, 0.2) is 0 Å². The van der Waals surface area contributed by atoms with Gasteiger partial charge in [-0.1, -0.05) is 0 Å². The van der Waals surface area contributed by atoms with Crippen LogP contribution in [-0.4, -0.2) is 58.1 Å². The van der Waals surface area contributed by atoms with Crippen LogP contribution in [0.1, 0.15) is 0 Å². The molecule has 0 aromatic rings. The number of hydrogen-bond acceptors (Lipinski definition) is 5. The molecule has 0 saturated carbocycles. The van der Waals surface area contributed by atoms with E-state index < -0.39 is 31.0 Å². The second-order valence-corrected chi connectivity index (χ2v) is 2.61. The molecule has 1 saturated heterocycles. The van der Waals surface area contributed by atoms with E-state index in [1.54, 1.807) is 0 Å². The quantitative estimate of drug-likeness (QED) is 0.361. The molecule has 0 aromatic heterocycles. The minimum atomic E-state index is -1.12. The Morgan fingerprint density at radius 2 is 2.09 bits per heavy atom. The smallest absolute Gasteiger partial charge is 0.114 e. The van der Waals surface area contributed by atoms with Gasteiger partial charge in [-0.15, -0.1) is 0 Å². The van der Waals surface area contributed by atoms with E-state index in [1.807, 2.05) is 0 Å². The molecule has 0 amide bonds. The molecule has 4 atom stereocenters. The normalized spacial score (nSPS) is 40.9. The highest BCUT2D eigenvalue weighted by Crippen LogP contribution is 2.16. The average molecular weight is 164 g/mol. The van der Waals surface area contributed by atoms with E-state index in [-0.39, 0.29) is 6.61 Å². The first-order valence-electron chi connectivity index (χ1n) is 3.43. The largest absolute Gasteiger partial charge is 0.394 e. The maximum absolute atomic E-state index is 9.11. The Bertz CT molecular complexity index is 128. The monoisotopic (exact) mass is 164 g/mol. The molecule has 4 N–H and O–H groups in total. The Hall–Kier alpha value is -0.200. The fourth-order valence-electron chi connectivity index (χ4n) is 1.07. The Morgan fingerprint density at radius 1 is 1.45 bits per heavy atom. The lowest BCUT2D eigenvalue weighted by Gasteiger charge is -2.18. The summed E-state index contributed by atoms with van der Waals surface area (Å²) in [7, 11) is 0. The summed E-state index contributed by atoms with van der Waals surface area (Å²) >= 11 is 0. The SMILES string of the molecule is OCC(O)[C@H]1OC[C@@H](O)[C@@H]1O. The maximum atomic E-state index is 9.11. The summed E-state index contributed by atoms with van der Waals surface area (Å²) in [5.41, 5.74) is 0. The van der Waals surface area contributed by atoms with E-state index >= 15 is 0 Å². The summed E-state index contributed by atoms with van der Waals surface area (Å²) in [6.45, 7) is -0.475. The predicted molar refractivity (Wildman–Crippen MR) is 34.8 cm³/mol. The highest BCUT2D eigenvalue weighted by atomic mass is 16.5. The molecule has 5 heteroatoms. The van der Waals surface area contributed by atoms with Gasteiger partial charge < -0.3 is 25.2 Å². The van der Waals surface area contributed by atoms with Crippen molar-refractivity contribution in [3.05, 3.63) is 0 Å². The molecule has 11 heavy (non-hydrogen) atoms.